The van der Waals surface area contributed by atoms with E-state index in [9.17, 15) is 13.6 Å². The quantitative estimate of drug-likeness (QED) is 0.934. The number of aromatic nitrogens is 2. The molecule has 1 aliphatic heterocycles. The van der Waals surface area contributed by atoms with Crippen LogP contribution in [0, 0.1) is 17.6 Å². The van der Waals surface area contributed by atoms with Crippen molar-refractivity contribution in [1.29, 1.82) is 0 Å². The number of rotatable bonds is 4. The minimum atomic E-state index is -0.462. The molecule has 0 spiro atoms. The third kappa shape index (κ3) is 3.55. The minimum Gasteiger partial charge on any atom is -0.338 e. The second kappa shape index (κ2) is 6.98. The van der Waals surface area contributed by atoms with E-state index >= 15 is 0 Å². The maximum Gasteiger partial charge on any atom is 0.317 e. The molecular formula is C17H20F2N4O. The van der Waals surface area contributed by atoms with Gasteiger partial charge in [-0.3, -0.25) is 4.68 Å². The van der Waals surface area contributed by atoms with Crippen molar-refractivity contribution in [3.05, 3.63) is 53.4 Å². The maximum atomic E-state index is 13.9. The van der Waals surface area contributed by atoms with Gasteiger partial charge in [-0.15, -0.1) is 0 Å². The summed E-state index contributed by atoms with van der Waals surface area (Å²) in [4.78, 5) is 13.8. The molecule has 1 N–H and O–H groups in total. The molecule has 0 bridgehead atoms. The zero-order valence-corrected chi connectivity index (χ0v) is 13.5. The molecule has 2 heterocycles. The van der Waals surface area contributed by atoms with Gasteiger partial charge in [-0.25, -0.2) is 13.6 Å². The number of nitrogens with zero attached hydrogens (tertiary/aromatic N) is 3. The third-order valence-corrected chi connectivity index (χ3v) is 4.24. The van der Waals surface area contributed by atoms with Gasteiger partial charge in [0, 0.05) is 37.6 Å². The predicted molar refractivity (Wildman–Crippen MR) is 85.3 cm³/mol. The van der Waals surface area contributed by atoms with Crippen molar-refractivity contribution < 1.29 is 13.6 Å². The van der Waals surface area contributed by atoms with Gasteiger partial charge in [0.15, 0.2) is 0 Å². The van der Waals surface area contributed by atoms with Crippen molar-refractivity contribution >= 4 is 6.03 Å². The van der Waals surface area contributed by atoms with Crippen LogP contribution in [0.25, 0.3) is 0 Å². The number of urea groups is 1. The number of fused-ring (bicyclic) bond motifs is 1. The molecule has 5 nitrogen and oxygen atoms in total. The average molecular weight is 334 g/mol. The van der Waals surface area contributed by atoms with Crippen LogP contribution in [0.2, 0.25) is 0 Å². The summed E-state index contributed by atoms with van der Waals surface area (Å²) in [5.74, 6) is -0.657. The van der Waals surface area contributed by atoms with Crippen LogP contribution in [-0.2, 0) is 19.5 Å². The Bertz CT molecular complexity index is 718. The number of carbonyl (C=O) groups is 1. The fourth-order valence-electron chi connectivity index (χ4n) is 2.93. The Morgan fingerprint density at radius 2 is 2.08 bits per heavy atom. The van der Waals surface area contributed by atoms with Crippen LogP contribution in [0.1, 0.15) is 18.1 Å². The Morgan fingerprint density at radius 1 is 1.33 bits per heavy atom. The Labute approximate surface area is 139 Å². The fourth-order valence-corrected chi connectivity index (χ4v) is 2.93. The molecule has 0 saturated heterocycles. The number of hydrogen-bond donors (Lipinski definition) is 1. The van der Waals surface area contributed by atoms with Crippen LogP contribution in [0.4, 0.5) is 13.6 Å². The Morgan fingerprint density at radius 3 is 2.79 bits per heavy atom. The van der Waals surface area contributed by atoms with Gasteiger partial charge in [0.05, 0.1) is 6.54 Å². The fraction of sp³-hybridized carbons (Fsp3) is 0.412. The molecule has 0 aliphatic carbocycles. The first-order valence-electron chi connectivity index (χ1n) is 8.00. The summed E-state index contributed by atoms with van der Waals surface area (Å²) in [6.45, 7) is 3.69. The van der Waals surface area contributed by atoms with E-state index in [-0.39, 0.29) is 24.1 Å². The molecule has 1 aromatic carbocycles. The van der Waals surface area contributed by atoms with Gasteiger partial charge >= 0.3 is 6.03 Å². The summed E-state index contributed by atoms with van der Waals surface area (Å²) in [6.07, 6.45) is 3.91. The molecule has 0 fully saturated rings. The van der Waals surface area contributed by atoms with E-state index in [1.54, 1.807) is 6.20 Å². The first-order chi connectivity index (χ1) is 11.5. The van der Waals surface area contributed by atoms with E-state index in [0.29, 0.717) is 31.6 Å². The van der Waals surface area contributed by atoms with E-state index in [2.05, 4.69) is 10.4 Å². The van der Waals surface area contributed by atoms with E-state index in [1.807, 2.05) is 23.9 Å². The number of halogens is 2. The molecule has 0 saturated carbocycles. The number of hydrogen-bond acceptors (Lipinski definition) is 2. The SMILES string of the molecule is CC(CNC(=O)N1CCc2c(F)ccc(F)c2C1)Cn1cccn1. The molecule has 24 heavy (non-hydrogen) atoms. The van der Waals surface area contributed by atoms with Crippen molar-refractivity contribution in [2.24, 2.45) is 5.92 Å². The Kier molecular flexibility index (Phi) is 4.78. The molecule has 1 aromatic heterocycles. The van der Waals surface area contributed by atoms with Gasteiger partial charge in [-0.05, 0) is 36.1 Å². The molecule has 128 valence electrons. The molecule has 7 heteroatoms. The molecule has 1 atom stereocenters. The highest BCUT2D eigenvalue weighted by molar-refractivity contribution is 5.74. The maximum absolute atomic E-state index is 13.9. The largest absolute Gasteiger partial charge is 0.338 e. The summed E-state index contributed by atoms with van der Waals surface area (Å²) >= 11 is 0. The second-order valence-electron chi connectivity index (χ2n) is 6.18. The number of carbonyl (C=O) groups excluding carboxylic acids is 1. The first-order valence-corrected chi connectivity index (χ1v) is 8.00. The van der Waals surface area contributed by atoms with Gasteiger partial charge < -0.3 is 10.2 Å². The minimum absolute atomic E-state index is 0.0955. The number of nitrogens with one attached hydrogen (secondary N) is 1. The summed E-state index contributed by atoms with van der Waals surface area (Å²) in [7, 11) is 0. The van der Waals surface area contributed by atoms with Gasteiger partial charge in [-0.2, -0.15) is 5.10 Å². The van der Waals surface area contributed by atoms with E-state index in [4.69, 9.17) is 0 Å². The standard InChI is InChI=1S/C17H20F2N4O/c1-12(10-23-7-2-6-21-23)9-20-17(24)22-8-5-13-14(11-22)16(19)4-3-15(13)18/h2-4,6-7,12H,5,8-11H2,1H3,(H,20,24). The van der Waals surface area contributed by atoms with Gasteiger partial charge in [0.1, 0.15) is 11.6 Å². The number of amides is 2. The predicted octanol–water partition coefficient (Wildman–Crippen LogP) is 2.57. The first kappa shape index (κ1) is 16.4. The van der Waals surface area contributed by atoms with Crippen LogP contribution in [-0.4, -0.2) is 33.8 Å². The second-order valence-corrected chi connectivity index (χ2v) is 6.18. The molecule has 1 aliphatic rings. The van der Waals surface area contributed by atoms with E-state index in [1.165, 1.54) is 4.90 Å². The van der Waals surface area contributed by atoms with Crippen LogP contribution >= 0.6 is 0 Å². The van der Waals surface area contributed by atoms with Crippen molar-refractivity contribution in [3.63, 3.8) is 0 Å². The molecule has 1 unspecified atom stereocenters. The lowest BCUT2D eigenvalue weighted by atomic mass is 9.99. The lowest BCUT2D eigenvalue weighted by Crippen LogP contribution is -2.44. The molecule has 2 amide bonds. The highest BCUT2D eigenvalue weighted by Crippen LogP contribution is 2.24. The summed E-state index contributed by atoms with van der Waals surface area (Å²) in [5, 5.41) is 6.99. The van der Waals surface area contributed by atoms with Crippen LogP contribution in [0.5, 0.6) is 0 Å². The molecule has 2 aromatic rings. The summed E-state index contributed by atoms with van der Waals surface area (Å²) in [6, 6.07) is 3.85. The summed E-state index contributed by atoms with van der Waals surface area (Å²) in [5.41, 5.74) is 0.659. The van der Waals surface area contributed by atoms with E-state index in [0.717, 1.165) is 12.1 Å². The Balaban J connectivity index is 1.55. The highest BCUT2D eigenvalue weighted by atomic mass is 19.1. The van der Waals surface area contributed by atoms with Crippen LogP contribution in [0.3, 0.4) is 0 Å². The van der Waals surface area contributed by atoms with Crippen LogP contribution < -0.4 is 5.32 Å². The van der Waals surface area contributed by atoms with Gasteiger partial charge in [-0.1, -0.05) is 6.92 Å². The number of benzene rings is 1. The normalized spacial score (nSPS) is 15.0. The van der Waals surface area contributed by atoms with Gasteiger partial charge in [0.25, 0.3) is 0 Å². The average Bonchev–Trinajstić information content (AvgIpc) is 3.08. The lowest BCUT2D eigenvalue weighted by molar-refractivity contribution is 0.188. The third-order valence-electron chi connectivity index (χ3n) is 4.24. The monoisotopic (exact) mass is 334 g/mol. The molecule has 3 rings (SSSR count). The van der Waals surface area contributed by atoms with E-state index < -0.39 is 11.6 Å². The lowest BCUT2D eigenvalue weighted by Gasteiger charge is -2.29. The zero-order valence-electron chi connectivity index (χ0n) is 13.5. The van der Waals surface area contributed by atoms with Crippen molar-refractivity contribution in [2.75, 3.05) is 13.1 Å². The van der Waals surface area contributed by atoms with Crippen molar-refractivity contribution in [2.45, 2.75) is 26.4 Å². The van der Waals surface area contributed by atoms with Crippen molar-refractivity contribution in [1.82, 2.24) is 20.0 Å². The zero-order chi connectivity index (χ0) is 17.1. The van der Waals surface area contributed by atoms with Gasteiger partial charge in [0.2, 0.25) is 0 Å². The van der Waals surface area contributed by atoms with Crippen molar-refractivity contribution in [3.8, 4) is 0 Å². The smallest absolute Gasteiger partial charge is 0.317 e. The molecule has 0 radical (unpaired) electrons. The van der Waals surface area contributed by atoms with Crippen LogP contribution in [0.15, 0.2) is 30.6 Å². The molecular weight excluding hydrogens is 314 g/mol. The Hall–Kier alpha value is -2.44. The topological polar surface area (TPSA) is 50.2 Å². The summed E-state index contributed by atoms with van der Waals surface area (Å²) < 4.78 is 29.4. The highest BCUT2D eigenvalue weighted by Gasteiger charge is 2.25.